The summed E-state index contributed by atoms with van der Waals surface area (Å²) in [5.41, 5.74) is 3.86. The molecule has 1 amide bonds. The van der Waals surface area contributed by atoms with E-state index in [9.17, 15) is 9.59 Å². The lowest BCUT2D eigenvalue weighted by molar-refractivity contribution is 0.0985. The number of carbonyl (C=O) groups excluding carboxylic acids is 1. The number of oxazole rings is 1. The molecule has 2 aromatic carbocycles. The summed E-state index contributed by atoms with van der Waals surface area (Å²) < 4.78 is 6.53. The van der Waals surface area contributed by atoms with Gasteiger partial charge in [-0.25, -0.2) is 4.79 Å². The average Bonchev–Trinajstić information content (AvgIpc) is 2.88. The van der Waals surface area contributed by atoms with Crippen LogP contribution in [0.15, 0.2) is 51.7 Å². The fourth-order valence-electron chi connectivity index (χ4n) is 3.16. The second-order valence-electron chi connectivity index (χ2n) is 5.80. The number of nitrogens with zero attached hydrogens (tertiary/aromatic N) is 2. The Kier molecular flexibility index (Phi) is 3.08. The van der Waals surface area contributed by atoms with Gasteiger partial charge < -0.3 is 9.32 Å². The van der Waals surface area contributed by atoms with E-state index in [1.165, 1.54) is 10.1 Å². The van der Waals surface area contributed by atoms with Gasteiger partial charge in [-0.2, -0.15) is 0 Å². The zero-order chi connectivity index (χ0) is 16.0. The molecule has 0 spiro atoms. The van der Waals surface area contributed by atoms with E-state index in [0.717, 1.165) is 18.5 Å². The van der Waals surface area contributed by atoms with Crippen molar-refractivity contribution in [1.29, 1.82) is 0 Å². The van der Waals surface area contributed by atoms with E-state index in [4.69, 9.17) is 4.42 Å². The largest absolute Gasteiger partial charge is 0.419 e. The van der Waals surface area contributed by atoms with Crippen LogP contribution in [-0.4, -0.2) is 17.0 Å². The van der Waals surface area contributed by atoms with Crippen molar-refractivity contribution >= 4 is 22.7 Å². The van der Waals surface area contributed by atoms with Crippen LogP contribution >= 0.6 is 0 Å². The number of benzene rings is 2. The van der Waals surface area contributed by atoms with Crippen LogP contribution in [0.25, 0.3) is 11.1 Å². The average molecular weight is 308 g/mol. The minimum absolute atomic E-state index is 0.0484. The fraction of sp³-hybridized carbons (Fsp3) is 0.222. The second-order valence-corrected chi connectivity index (χ2v) is 5.80. The van der Waals surface area contributed by atoms with Gasteiger partial charge in [-0.15, -0.1) is 0 Å². The molecule has 116 valence electrons. The Balaban J connectivity index is 1.78. The molecule has 0 aliphatic carbocycles. The minimum Gasteiger partial charge on any atom is -0.408 e. The third-order valence-electron chi connectivity index (χ3n) is 4.39. The molecule has 23 heavy (non-hydrogen) atoms. The molecule has 0 unspecified atom stereocenters. The molecule has 0 atom stereocenters. The number of para-hydroxylation sites is 1. The quantitative estimate of drug-likeness (QED) is 0.694. The molecule has 1 aromatic heterocycles. The van der Waals surface area contributed by atoms with Gasteiger partial charge in [-0.1, -0.05) is 18.2 Å². The van der Waals surface area contributed by atoms with E-state index in [1.807, 2.05) is 23.1 Å². The molecule has 3 aromatic rings. The lowest BCUT2D eigenvalue weighted by Gasteiger charge is -2.29. The van der Waals surface area contributed by atoms with Gasteiger partial charge in [0.25, 0.3) is 5.91 Å². The lowest BCUT2D eigenvalue weighted by Crippen LogP contribution is -2.35. The summed E-state index contributed by atoms with van der Waals surface area (Å²) in [7, 11) is 1.64. The molecule has 0 N–H and O–H groups in total. The number of aryl methyl sites for hydroxylation is 2. The van der Waals surface area contributed by atoms with Gasteiger partial charge in [0.1, 0.15) is 0 Å². The number of anilines is 1. The van der Waals surface area contributed by atoms with Gasteiger partial charge in [-0.05, 0) is 42.7 Å². The summed E-state index contributed by atoms with van der Waals surface area (Å²) in [4.78, 5) is 26.3. The summed E-state index contributed by atoms with van der Waals surface area (Å²) in [5.74, 6) is -0.472. The molecule has 1 aliphatic heterocycles. The van der Waals surface area contributed by atoms with Crippen molar-refractivity contribution in [3.8, 4) is 0 Å². The predicted molar refractivity (Wildman–Crippen MR) is 87.9 cm³/mol. The maximum absolute atomic E-state index is 12.9. The molecule has 1 aliphatic rings. The highest BCUT2D eigenvalue weighted by molar-refractivity contribution is 6.08. The first-order valence-electron chi connectivity index (χ1n) is 7.64. The van der Waals surface area contributed by atoms with Crippen molar-refractivity contribution in [1.82, 2.24) is 4.57 Å². The SMILES string of the molecule is Cn1c(=O)oc2ccc(C(=O)N3CCCc4ccccc43)cc21. The van der Waals surface area contributed by atoms with E-state index in [0.29, 0.717) is 23.2 Å². The summed E-state index contributed by atoms with van der Waals surface area (Å²) >= 11 is 0. The fourth-order valence-corrected chi connectivity index (χ4v) is 3.16. The van der Waals surface area contributed by atoms with Crippen molar-refractivity contribution < 1.29 is 9.21 Å². The summed E-state index contributed by atoms with van der Waals surface area (Å²) in [6.07, 6.45) is 1.95. The van der Waals surface area contributed by atoms with Crippen molar-refractivity contribution in [3.63, 3.8) is 0 Å². The Morgan fingerprint density at radius 2 is 2.00 bits per heavy atom. The molecular weight excluding hydrogens is 292 g/mol. The third-order valence-corrected chi connectivity index (χ3v) is 4.39. The molecular formula is C18H16N2O3. The second kappa shape index (κ2) is 5.12. The first-order valence-corrected chi connectivity index (χ1v) is 7.64. The van der Waals surface area contributed by atoms with Crippen LogP contribution in [0.5, 0.6) is 0 Å². The number of hydrogen-bond donors (Lipinski definition) is 0. The zero-order valence-electron chi connectivity index (χ0n) is 12.8. The predicted octanol–water partition coefficient (Wildman–Crippen LogP) is 2.72. The Morgan fingerprint density at radius 1 is 1.17 bits per heavy atom. The Morgan fingerprint density at radius 3 is 2.87 bits per heavy atom. The molecule has 0 saturated heterocycles. The maximum Gasteiger partial charge on any atom is 0.419 e. The van der Waals surface area contributed by atoms with Crippen LogP contribution in [-0.2, 0) is 13.5 Å². The van der Waals surface area contributed by atoms with Gasteiger partial charge in [0.05, 0.1) is 5.52 Å². The van der Waals surface area contributed by atoms with E-state index in [2.05, 4.69) is 6.07 Å². The van der Waals surface area contributed by atoms with E-state index < -0.39 is 5.76 Å². The highest BCUT2D eigenvalue weighted by Crippen LogP contribution is 2.28. The van der Waals surface area contributed by atoms with Crippen molar-refractivity contribution in [2.75, 3.05) is 11.4 Å². The van der Waals surface area contributed by atoms with Crippen molar-refractivity contribution in [3.05, 3.63) is 64.1 Å². The van der Waals surface area contributed by atoms with Crippen LogP contribution in [0, 0.1) is 0 Å². The van der Waals surface area contributed by atoms with E-state index >= 15 is 0 Å². The number of rotatable bonds is 1. The molecule has 5 heteroatoms. The summed E-state index contributed by atoms with van der Waals surface area (Å²) in [6, 6.07) is 13.1. The number of carbonyl (C=O) groups is 1. The van der Waals surface area contributed by atoms with Gasteiger partial charge in [0.2, 0.25) is 0 Å². The Labute approximate surface area is 132 Å². The van der Waals surface area contributed by atoms with Crippen LogP contribution in [0.4, 0.5) is 5.69 Å². The molecule has 0 radical (unpaired) electrons. The Bertz CT molecular complexity index is 968. The number of aromatic nitrogens is 1. The molecule has 4 rings (SSSR count). The van der Waals surface area contributed by atoms with Crippen molar-refractivity contribution in [2.24, 2.45) is 7.05 Å². The maximum atomic E-state index is 12.9. The van der Waals surface area contributed by atoms with Gasteiger partial charge in [0.15, 0.2) is 5.58 Å². The molecule has 0 fully saturated rings. The number of amides is 1. The first-order chi connectivity index (χ1) is 11.1. The van der Waals surface area contributed by atoms with Crippen LogP contribution in [0.1, 0.15) is 22.3 Å². The first kappa shape index (κ1) is 13.8. The lowest BCUT2D eigenvalue weighted by atomic mass is 10.0. The standard InChI is InChI=1S/C18H16N2O3/c1-19-15-11-13(8-9-16(15)23-18(19)22)17(21)20-10-4-6-12-5-2-3-7-14(12)20/h2-3,5,7-9,11H,4,6,10H2,1H3. The van der Waals surface area contributed by atoms with Crippen LogP contribution < -0.4 is 10.7 Å². The van der Waals surface area contributed by atoms with E-state index in [-0.39, 0.29) is 5.91 Å². The minimum atomic E-state index is -0.423. The van der Waals surface area contributed by atoms with Crippen molar-refractivity contribution in [2.45, 2.75) is 12.8 Å². The topological polar surface area (TPSA) is 55.5 Å². The highest BCUT2D eigenvalue weighted by Gasteiger charge is 2.23. The van der Waals surface area contributed by atoms with Crippen LogP contribution in [0.2, 0.25) is 0 Å². The van der Waals surface area contributed by atoms with Gasteiger partial charge >= 0.3 is 5.76 Å². The molecule has 2 heterocycles. The number of fused-ring (bicyclic) bond motifs is 2. The normalized spacial score (nSPS) is 14.0. The molecule has 0 saturated carbocycles. The van der Waals surface area contributed by atoms with Gasteiger partial charge in [0, 0.05) is 24.8 Å². The molecule has 5 nitrogen and oxygen atoms in total. The van der Waals surface area contributed by atoms with Gasteiger partial charge in [-0.3, -0.25) is 9.36 Å². The monoisotopic (exact) mass is 308 g/mol. The molecule has 0 bridgehead atoms. The highest BCUT2D eigenvalue weighted by atomic mass is 16.4. The third kappa shape index (κ3) is 2.16. The summed E-state index contributed by atoms with van der Waals surface area (Å²) in [5, 5.41) is 0. The van der Waals surface area contributed by atoms with E-state index in [1.54, 1.807) is 25.2 Å². The zero-order valence-corrected chi connectivity index (χ0v) is 12.8. The number of hydrogen-bond acceptors (Lipinski definition) is 3. The Hall–Kier alpha value is -2.82. The smallest absolute Gasteiger partial charge is 0.408 e. The summed E-state index contributed by atoms with van der Waals surface area (Å²) in [6.45, 7) is 0.707. The van der Waals surface area contributed by atoms with Crippen LogP contribution in [0.3, 0.4) is 0 Å².